The Morgan fingerprint density at radius 3 is 2.71 bits per heavy atom. The number of carbonyl (C=O) groups is 1. The minimum absolute atomic E-state index is 0.214. The van der Waals surface area contributed by atoms with Crippen LogP contribution in [0.1, 0.15) is 21.9 Å². The third-order valence-electron chi connectivity index (χ3n) is 2.46. The molecule has 0 fully saturated rings. The van der Waals surface area contributed by atoms with Gasteiger partial charge in [-0.3, -0.25) is 4.98 Å². The molecule has 17 heavy (non-hydrogen) atoms. The first-order chi connectivity index (χ1) is 7.99. The zero-order valence-corrected chi connectivity index (χ0v) is 11.0. The minimum Gasteiger partial charge on any atom is -0.477 e. The van der Waals surface area contributed by atoms with Crippen molar-refractivity contribution in [2.24, 2.45) is 0 Å². The molecule has 0 saturated carbocycles. The normalized spacial score (nSPS) is 10.5. The molecule has 2 aromatic heterocycles. The number of rotatable bonds is 2. The highest BCUT2D eigenvalue weighted by Crippen LogP contribution is 2.21. The number of aryl methyl sites for hydroxylation is 2. The van der Waals surface area contributed by atoms with E-state index in [2.05, 4.69) is 20.9 Å². The van der Waals surface area contributed by atoms with Gasteiger partial charge in [-0.05, 0) is 48.0 Å². The van der Waals surface area contributed by atoms with Crippen molar-refractivity contribution in [1.29, 1.82) is 0 Å². The largest absolute Gasteiger partial charge is 0.477 e. The SMILES string of the molecule is Cc1ccc(-n2cc(Br)cc2C(=O)O)c(C)n1. The van der Waals surface area contributed by atoms with Gasteiger partial charge in [0, 0.05) is 16.4 Å². The number of aromatic nitrogens is 2. The van der Waals surface area contributed by atoms with Gasteiger partial charge in [0.1, 0.15) is 5.69 Å². The smallest absolute Gasteiger partial charge is 0.352 e. The average Bonchev–Trinajstić information content (AvgIpc) is 2.60. The van der Waals surface area contributed by atoms with Gasteiger partial charge in [-0.25, -0.2) is 4.79 Å². The molecule has 1 N–H and O–H groups in total. The molecule has 2 rings (SSSR count). The van der Waals surface area contributed by atoms with E-state index in [0.29, 0.717) is 0 Å². The summed E-state index contributed by atoms with van der Waals surface area (Å²) in [5, 5.41) is 9.12. The lowest BCUT2D eigenvalue weighted by molar-refractivity contribution is 0.0688. The fourth-order valence-corrected chi connectivity index (χ4v) is 2.15. The summed E-state index contributed by atoms with van der Waals surface area (Å²) in [6, 6.07) is 5.31. The van der Waals surface area contributed by atoms with Gasteiger partial charge in [-0.2, -0.15) is 0 Å². The van der Waals surface area contributed by atoms with Crippen LogP contribution in [-0.2, 0) is 0 Å². The minimum atomic E-state index is -0.962. The van der Waals surface area contributed by atoms with E-state index in [4.69, 9.17) is 5.11 Å². The molecule has 0 atom stereocenters. The first-order valence-corrected chi connectivity index (χ1v) is 5.84. The molecule has 88 valence electrons. The Labute approximate surface area is 107 Å². The van der Waals surface area contributed by atoms with Gasteiger partial charge in [0.25, 0.3) is 0 Å². The van der Waals surface area contributed by atoms with Crippen LogP contribution in [0.5, 0.6) is 0 Å². The van der Waals surface area contributed by atoms with Gasteiger partial charge in [-0.15, -0.1) is 0 Å². The second kappa shape index (κ2) is 4.33. The summed E-state index contributed by atoms with van der Waals surface area (Å²) in [7, 11) is 0. The van der Waals surface area contributed by atoms with Crippen molar-refractivity contribution in [3.63, 3.8) is 0 Å². The zero-order valence-electron chi connectivity index (χ0n) is 9.44. The molecular weight excluding hydrogens is 284 g/mol. The molecule has 0 aliphatic rings. The fraction of sp³-hybridized carbons (Fsp3) is 0.167. The van der Waals surface area contributed by atoms with Crippen molar-refractivity contribution in [2.75, 3.05) is 0 Å². The van der Waals surface area contributed by atoms with Crippen molar-refractivity contribution in [2.45, 2.75) is 13.8 Å². The Balaban J connectivity index is 2.63. The molecular formula is C12H11BrN2O2. The Morgan fingerprint density at radius 1 is 1.41 bits per heavy atom. The summed E-state index contributed by atoms with van der Waals surface area (Å²) in [5.74, 6) is -0.962. The van der Waals surface area contributed by atoms with E-state index in [9.17, 15) is 4.79 Å². The van der Waals surface area contributed by atoms with Crippen molar-refractivity contribution in [3.05, 3.63) is 46.0 Å². The number of aromatic carboxylic acids is 1. The number of nitrogens with zero attached hydrogens (tertiary/aromatic N) is 2. The first kappa shape index (κ1) is 11.9. The molecule has 2 heterocycles. The number of carboxylic acid groups (broad SMARTS) is 1. The van der Waals surface area contributed by atoms with Crippen LogP contribution in [0.3, 0.4) is 0 Å². The van der Waals surface area contributed by atoms with Crippen LogP contribution in [0.4, 0.5) is 0 Å². The Morgan fingerprint density at radius 2 is 2.12 bits per heavy atom. The Hall–Kier alpha value is -1.62. The summed E-state index contributed by atoms with van der Waals surface area (Å²) >= 11 is 3.28. The average molecular weight is 295 g/mol. The standard InChI is InChI=1S/C12H11BrN2O2/c1-7-3-4-10(8(2)14-7)15-6-9(13)5-11(15)12(16)17/h3-6H,1-2H3,(H,16,17). The van der Waals surface area contributed by atoms with Gasteiger partial charge in [0.2, 0.25) is 0 Å². The number of halogens is 1. The second-order valence-electron chi connectivity index (χ2n) is 3.78. The number of hydrogen-bond acceptors (Lipinski definition) is 2. The third-order valence-corrected chi connectivity index (χ3v) is 2.90. The molecule has 5 heteroatoms. The Bertz CT molecular complexity index is 590. The van der Waals surface area contributed by atoms with E-state index in [1.165, 1.54) is 0 Å². The van der Waals surface area contributed by atoms with Crippen LogP contribution in [0.15, 0.2) is 28.9 Å². The zero-order chi connectivity index (χ0) is 12.6. The monoisotopic (exact) mass is 294 g/mol. The van der Waals surface area contributed by atoms with E-state index < -0.39 is 5.97 Å². The molecule has 0 unspecified atom stereocenters. The number of pyridine rings is 1. The lowest BCUT2D eigenvalue weighted by atomic mass is 10.2. The van der Waals surface area contributed by atoms with Crippen molar-refractivity contribution in [3.8, 4) is 5.69 Å². The van der Waals surface area contributed by atoms with Crippen LogP contribution in [0, 0.1) is 13.8 Å². The highest BCUT2D eigenvalue weighted by Gasteiger charge is 2.14. The predicted molar refractivity (Wildman–Crippen MR) is 67.7 cm³/mol. The van der Waals surface area contributed by atoms with Crippen molar-refractivity contribution >= 4 is 21.9 Å². The fourth-order valence-electron chi connectivity index (χ4n) is 1.73. The summed E-state index contributed by atoms with van der Waals surface area (Å²) in [6.07, 6.45) is 1.72. The van der Waals surface area contributed by atoms with Gasteiger partial charge >= 0.3 is 5.97 Å². The van der Waals surface area contributed by atoms with Crippen LogP contribution in [0.2, 0.25) is 0 Å². The highest BCUT2D eigenvalue weighted by atomic mass is 79.9. The number of hydrogen-bond donors (Lipinski definition) is 1. The molecule has 0 bridgehead atoms. The van der Waals surface area contributed by atoms with Crippen LogP contribution in [-0.4, -0.2) is 20.6 Å². The molecule has 0 aliphatic heterocycles. The van der Waals surface area contributed by atoms with E-state index in [-0.39, 0.29) is 5.69 Å². The predicted octanol–water partition coefficient (Wildman–Crippen LogP) is 2.95. The maximum atomic E-state index is 11.1. The summed E-state index contributed by atoms with van der Waals surface area (Å²) in [6.45, 7) is 3.77. The van der Waals surface area contributed by atoms with E-state index in [1.807, 2.05) is 26.0 Å². The van der Waals surface area contributed by atoms with Gasteiger partial charge in [0.05, 0.1) is 11.4 Å². The summed E-state index contributed by atoms with van der Waals surface area (Å²) in [4.78, 5) is 15.5. The lowest BCUT2D eigenvalue weighted by Crippen LogP contribution is -2.07. The molecule has 0 radical (unpaired) electrons. The molecule has 0 spiro atoms. The van der Waals surface area contributed by atoms with Gasteiger partial charge in [0.15, 0.2) is 0 Å². The molecule has 0 amide bonds. The van der Waals surface area contributed by atoms with Crippen LogP contribution >= 0.6 is 15.9 Å². The topological polar surface area (TPSA) is 55.1 Å². The lowest BCUT2D eigenvalue weighted by Gasteiger charge is -2.09. The Kier molecular flexibility index (Phi) is 3.02. The molecule has 4 nitrogen and oxygen atoms in total. The van der Waals surface area contributed by atoms with Crippen LogP contribution in [0.25, 0.3) is 5.69 Å². The molecule has 0 saturated heterocycles. The molecule has 0 aliphatic carbocycles. The second-order valence-corrected chi connectivity index (χ2v) is 4.69. The maximum absolute atomic E-state index is 11.1. The van der Waals surface area contributed by atoms with Crippen molar-refractivity contribution < 1.29 is 9.90 Å². The third kappa shape index (κ3) is 2.24. The van der Waals surface area contributed by atoms with E-state index in [0.717, 1.165) is 21.5 Å². The summed E-state index contributed by atoms with van der Waals surface area (Å²) < 4.78 is 2.35. The summed E-state index contributed by atoms with van der Waals surface area (Å²) in [5.41, 5.74) is 2.70. The highest BCUT2D eigenvalue weighted by molar-refractivity contribution is 9.10. The van der Waals surface area contributed by atoms with Gasteiger partial charge in [-0.1, -0.05) is 0 Å². The quantitative estimate of drug-likeness (QED) is 0.926. The first-order valence-electron chi connectivity index (χ1n) is 5.05. The van der Waals surface area contributed by atoms with Gasteiger partial charge < -0.3 is 9.67 Å². The maximum Gasteiger partial charge on any atom is 0.352 e. The van der Waals surface area contributed by atoms with E-state index in [1.54, 1.807) is 16.8 Å². The van der Waals surface area contributed by atoms with E-state index >= 15 is 0 Å². The van der Waals surface area contributed by atoms with Crippen LogP contribution < -0.4 is 0 Å². The number of carboxylic acids is 1. The molecule has 0 aromatic carbocycles. The molecule has 2 aromatic rings. The van der Waals surface area contributed by atoms with Crippen molar-refractivity contribution in [1.82, 2.24) is 9.55 Å².